The molecule has 0 spiro atoms. The Morgan fingerprint density at radius 2 is 2.06 bits per heavy atom. The Balaban J connectivity index is 2.93. The predicted octanol–water partition coefficient (Wildman–Crippen LogP) is 2.35. The van der Waals surface area contributed by atoms with E-state index in [9.17, 15) is 9.59 Å². The van der Waals surface area contributed by atoms with E-state index in [1.54, 1.807) is 25.1 Å². The molecule has 5 heteroatoms. The van der Waals surface area contributed by atoms with E-state index in [-0.39, 0.29) is 16.8 Å². The minimum absolute atomic E-state index is 0.218. The monoisotopic (exact) mass is 254 g/mol. The maximum Gasteiger partial charge on any atom is 0.335 e. The van der Waals surface area contributed by atoms with Gasteiger partial charge in [-0.15, -0.1) is 11.8 Å². The van der Waals surface area contributed by atoms with Crippen molar-refractivity contribution in [1.29, 1.82) is 0 Å². The summed E-state index contributed by atoms with van der Waals surface area (Å²) in [6, 6.07) is 4.85. The number of thioether (sulfide) groups is 1. The Kier molecular flexibility index (Phi) is 4.57. The van der Waals surface area contributed by atoms with Gasteiger partial charge in [0.1, 0.15) is 5.25 Å². The third-order valence-electron chi connectivity index (χ3n) is 2.27. The number of aryl methyl sites for hydroxylation is 1. The van der Waals surface area contributed by atoms with Gasteiger partial charge in [0.15, 0.2) is 0 Å². The molecule has 0 saturated heterocycles. The lowest BCUT2D eigenvalue weighted by atomic mass is 10.1. The molecule has 0 aliphatic carbocycles. The first-order valence-electron chi connectivity index (χ1n) is 5.04. The zero-order chi connectivity index (χ0) is 13.0. The van der Waals surface area contributed by atoms with Gasteiger partial charge >= 0.3 is 11.9 Å². The number of carboxylic acid groups (broad SMARTS) is 1. The molecular formula is C12H14O4S. The molecule has 0 heterocycles. The number of carbonyl (C=O) groups is 2. The molecule has 1 unspecified atom stereocenters. The fraction of sp³-hybridized carbons (Fsp3) is 0.333. The van der Waals surface area contributed by atoms with E-state index in [2.05, 4.69) is 4.74 Å². The number of rotatable bonds is 4. The minimum atomic E-state index is -0.974. The minimum Gasteiger partial charge on any atom is -0.478 e. The molecule has 1 rings (SSSR count). The van der Waals surface area contributed by atoms with E-state index in [1.807, 2.05) is 6.92 Å². The van der Waals surface area contributed by atoms with Crippen molar-refractivity contribution in [3.63, 3.8) is 0 Å². The number of hydrogen-bond donors (Lipinski definition) is 1. The van der Waals surface area contributed by atoms with Crippen molar-refractivity contribution in [2.24, 2.45) is 0 Å². The fourth-order valence-corrected chi connectivity index (χ4v) is 2.29. The number of methoxy groups -OCH3 is 1. The molecule has 1 atom stereocenters. The van der Waals surface area contributed by atoms with Crippen LogP contribution >= 0.6 is 11.8 Å². The van der Waals surface area contributed by atoms with Crippen molar-refractivity contribution in [2.75, 3.05) is 7.11 Å². The summed E-state index contributed by atoms with van der Waals surface area (Å²) in [5.74, 6) is -1.30. The van der Waals surface area contributed by atoms with Crippen molar-refractivity contribution < 1.29 is 19.4 Å². The number of hydrogen-bond acceptors (Lipinski definition) is 4. The first kappa shape index (κ1) is 13.6. The summed E-state index contributed by atoms with van der Waals surface area (Å²) in [5.41, 5.74) is 1.16. The second-order valence-corrected chi connectivity index (χ2v) is 4.95. The summed E-state index contributed by atoms with van der Waals surface area (Å²) in [6.45, 7) is 3.60. The number of carbonyl (C=O) groups excluding carboxylic acids is 1. The van der Waals surface area contributed by atoms with Gasteiger partial charge < -0.3 is 9.84 Å². The second-order valence-electron chi connectivity index (χ2n) is 3.57. The van der Waals surface area contributed by atoms with E-state index < -0.39 is 5.97 Å². The summed E-state index contributed by atoms with van der Waals surface area (Å²) in [4.78, 5) is 22.9. The Morgan fingerprint density at radius 1 is 1.41 bits per heavy atom. The number of aromatic carboxylic acids is 1. The third-order valence-corrected chi connectivity index (χ3v) is 3.51. The van der Waals surface area contributed by atoms with Gasteiger partial charge in [-0.2, -0.15) is 0 Å². The molecular weight excluding hydrogens is 240 g/mol. The fourth-order valence-electron chi connectivity index (χ4n) is 1.26. The van der Waals surface area contributed by atoms with Gasteiger partial charge in [-0.3, -0.25) is 4.79 Å². The first-order chi connectivity index (χ1) is 7.95. The number of carboxylic acids is 1. The smallest absolute Gasteiger partial charge is 0.335 e. The molecule has 4 nitrogen and oxygen atoms in total. The van der Waals surface area contributed by atoms with Crippen LogP contribution in [0.1, 0.15) is 22.8 Å². The van der Waals surface area contributed by atoms with Crippen LogP contribution in [0.5, 0.6) is 0 Å². The molecule has 0 amide bonds. The van der Waals surface area contributed by atoms with Crippen molar-refractivity contribution in [3.05, 3.63) is 29.3 Å². The second kappa shape index (κ2) is 5.72. The van der Waals surface area contributed by atoms with Gasteiger partial charge in [-0.1, -0.05) is 6.07 Å². The highest BCUT2D eigenvalue weighted by molar-refractivity contribution is 8.00. The molecule has 0 aliphatic heterocycles. The maximum absolute atomic E-state index is 11.3. The number of esters is 1. The average Bonchev–Trinajstić information content (AvgIpc) is 2.30. The predicted molar refractivity (Wildman–Crippen MR) is 65.5 cm³/mol. The van der Waals surface area contributed by atoms with Crippen LogP contribution in [0.2, 0.25) is 0 Å². The molecule has 0 saturated carbocycles. The SMILES string of the molecule is COC(=O)C(C)Sc1cc(C(=O)O)ccc1C. The van der Waals surface area contributed by atoms with E-state index in [4.69, 9.17) is 5.11 Å². The molecule has 0 radical (unpaired) electrons. The molecule has 0 bridgehead atoms. The van der Waals surface area contributed by atoms with Gasteiger partial charge in [0.2, 0.25) is 0 Å². The standard InChI is InChI=1S/C12H14O4S/c1-7-4-5-9(11(13)14)6-10(7)17-8(2)12(15)16-3/h4-6,8H,1-3H3,(H,13,14). The molecule has 0 fully saturated rings. The van der Waals surface area contributed by atoms with Gasteiger partial charge in [-0.05, 0) is 31.5 Å². The molecule has 1 aromatic rings. The van der Waals surface area contributed by atoms with Gasteiger partial charge in [0.05, 0.1) is 12.7 Å². The van der Waals surface area contributed by atoms with Crippen molar-refractivity contribution >= 4 is 23.7 Å². The van der Waals surface area contributed by atoms with Crippen LogP contribution in [-0.2, 0) is 9.53 Å². The lowest BCUT2D eigenvalue weighted by Gasteiger charge is -2.11. The van der Waals surface area contributed by atoms with Crippen molar-refractivity contribution in [2.45, 2.75) is 24.0 Å². The third kappa shape index (κ3) is 3.49. The van der Waals surface area contributed by atoms with E-state index in [0.29, 0.717) is 0 Å². The lowest BCUT2D eigenvalue weighted by Crippen LogP contribution is -2.14. The lowest BCUT2D eigenvalue weighted by molar-refractivity contribution is -0.139. The topological polar surface area (TPSA) is 63.6 Å². The van der Waals surface area contributed by atoms with Crippen LogP contribution in [0, 0.1) is 6.92 Å². The summed E-state index contributed by atoms with van der Waals surface area (Å²) < 4.78 is 4.63. The largest absolute Gasteiger partial charge is 0.478 e. The Morgan fingerprint density at radius 3 is 2.59 bits per heavy atom. The van der Waals surface area contributed by atoms with Gasteiger partial charge in [0, 0.05) is 4.90 Å². The van der Waals surface area contributed by atoms with Gasteiger partial charge in [0.25, 0.3) is 0 Å². The maximum atomic E-state index is 11.3. The highest BCUT2D eigenvalue weighted by atomic mass is 32.2. The number of benzene rings is 1. The Bertz CT molecular complexity index is 442. The zero-order valence-electron chi connectivity index (χ0n) is 9.89. The quantitative estimate of drug-likeness (QED) is 0.660. The van der Waals surface area contributed by atoms with E-state index in [0.717, 1.165) is 10.5 Å². The van der Waals surface area contributed by atoms with Crippen LogP contribution in [0.3, 0.4) is 0 Å². The van der Waals surface area contributed by atoms with Gasteiger partial charge in [-0.25, -0.2) is 4.79 Å². The Hall–Kier alpha value is -1.49. The molecule has 92 valence electrons. The van der Waals surface area contributed by atoms with Crippen molar-refractivity contribution in [1.82, 2.24) is 0 Å². The summed E-state index contributed by atoms with van der Waals surface area (Å²) in [5, 5.41) is 8.53. The van der Waals surface area contributed by atoms with E-state index in [1.165, 1.54) is 18.9 Å². The summed E-state index contributed by atoms with van der Waals surface area (Å²) in [7, 11) is 1.33. The molecule has 1 aromatic carbocycles. The zero-order valence-corrected chi connectivity index (χ0v) is 10.7. The van der Waals surface area contributed by atoms with Crippen LogP contribution in [0.4, 0.5) is 0 Å². The van der Waals surface area contributed by atoms with Crippen LogP contribution < -0.4 is 0 Å². The summed E-state index contributed by atoms with van der Waals surface area (Å²) >= 11 is 1.30. The summed E-state index contributed by atoms with van der Waals surface area (Å²) in [6.07, 6.45) is 0. The molecule has 0 aromatic heterocycles. The first-order valence-corrected chi connectivity index (χ1v) is 5.92. The molecule has 17 heavy (non-hydrogen) atoms. The molecule has 0 aliphatic rings. The van der Waals surface area contributed by atoms with E-state index >= 15 is 0 Å². The Labute approximate surface area is 104 Å². The van der Waals surface area contributed by atoms with Crippen LogP contribution in [0.25, 0.3) is 0 Å². The average molecular weight is 254 g/mol. The van der Waals surface area contributed by atoms with Crippen molar-refractivity contribution in [3.8, 4) is 0 Å². The van der Waals surface area contributed by atoms with Crippen LogP contribution in [0.15, 0.2) is 23.1 Å². The highest BCUT2D eigenvalue weighted by Gasteiger charge is 2.16. The van der Waals surface area contributed by atoms with Crippen LogP contribution in [-0.4, -0.2) is 29.4 Å². The molecule has 1 N–H and O–H groups in total. The highest BCUT2D eigenvalue weighted by Crippen LogP contribution is 2.28. The normalized spacial score (nSPS) is 11.9. The number of ether oxygens (including phenoxy) is 1.